The van der Waals surface area contributed by atoms with Gasteiger partial charge in [0, 0.05) is 19.4 Å². The predicted octanol–water partition coefficient (Wildman–Crippen LogP) is 1.59. The normalized spacial score (nSPS) is 16.8. The number of carboxylic acids is 1. The van der Waals surface area contributed by atoms with E-state index in [2.05, 4.69) is 5.32 Å². The first kappa shape index (κ1) is 18.0. The summed E-state index contributed by atoms with van der Waals surface area (Å²) >= 11 is 0. The van der Waals surface area contributed by atoms with Gasteiger partial charge in [0.05, 0.1) is 6.54 Å². The maximum Gasteiger partial charge on any atom is 0.326 e. The number of nitrogens with one attached hydrogen (secondary N) is 1. The van der Waals surface area contributed by atoms with E-state index in [1.54, 1.807) is 0 Å². The fraction of sp³-hybridized carbons (Fsp3) is 0.500. The second kappa shape index (κ2) is 9.05. The highest BCUT2D eigenvalue weighted by Gasteiger charge is 2.23. The number of carbonyl (C=O) groups is 3. The lowest BCUT2D eigenvalue weighted by Crippen LogP contribution is -2.48. The average molecular weight is 332 g/mol. The van der Waals surface area contributed by atoms with Crippen LogP contribution in [0, 0.1) is 0 Å². The van der Waals surface area contributed by atoms with Crippen molar-refractivity contribution in [2.24, 2.45) is 0 Å². The Morgan fingerprint density at radius 1 is 1.12 bits per heavy atom. The van der Waals surface area contributed by atoms with Gasteiger partial charge in [-0.15, -0.1) is 0 Å². The van der Waals surface area contributed by atoms with Crippen molar-refractivity contribution in [3.8, 4) is 0 Å². The lowest BCUT2D eigenvalue weighted by Gasteiger charge is -2.25. The standard InChI is InChI=1S/C18H24N2O4/c21-16(13-20-11-7-2-1-6-10-17(20)22)19-15(18(23)24)12-14-8-4-3-5-9-14/h3-5,8-9,15H,1-2,6-7,10-13H2,(H,19,21)(H,23,24)/t15-/m0/s1. The van der Waals surface area contributed by atoms with Crippen LogP contribution in [0.1, 0.15) is 37.7 Å². The van der Waals surface area contributed by atoms with Gasteiger partial charge in [-0.3, -0.25) is 9.59 Å². The number of amides is 2. The van der Waals surface area contributed by atoms with E-state index in [4.69, 9.17) is 0 Å². The molecule has 1 aliphatic heterocycles. The topological polar surface area (TPSA) is 86.7 Å². The highest BCUT2D eigenvalue weighted by Crippen LogP contribution is 2.11. The number of rotatable bonds is 6. The summed E-state index contributed by atoms with van der Waals surface area (Å²) in [6.45, 7) is 0.486. The number of likely N-dealkylation sites (tertiary alicyclic amines) is 1. The summed E-state index contributed by atoms with van der Waals surface area (Å²) < 4.78 is 0. The molecule has 0 aliphatic carbocycles. The highest BCUT2D eigenvalue weighted by molar-refractivity contribution is 5.88. The van der Waals surface area contributed by atoms with Gasteiger partial charge in [-0.05, 0) is 18.4 Å². The third-order valence-corrected chi connectivity index (χ3v) is 4.17. The molecule has 1 atom stereocenters. The molecule has 6 nitrogen and oxygen atoms in total. The zero-order valence-corrected chi connectivity index (χ0v) is 13.7. The van der Waals surface area contributed by atoms with Gasteiger partial charge < -0.3 is 15.3 Å². The second-order valence-electron chi connectivity index (χ2n) is 6.13. The number of hydrogen-bond acceptors (Lipinski definition) is 3. The van der Waals surface area contributed by atoms with Crippen molar-refractivity contribution in [2.45, 2.75) is 44.6 Å². The van der Waals surface area contributed by atoms with E-state index < -0.39 is 17.9 Å². The minimum atomic E-state index is -1.08. The molecule has 1 aliphatic rings. The molecule has 2 rings (SSSR count). The molecule has 0 unspecified atom stereocenters. The number of nitrogens with zero attached hydrogens (tertiary/aromatic N) is 1. The third kappa shape index (κ3) is 5.68. The van der Waals surface area contributed by atoms with Crippen LogP contribution in [-0.4, -0.2) is 46.9 Å². The summed E-state index contributed by atoms with van der Waals surface area (Å²) in [4.78, 5) is 37.2. The van der Waals surface area contributed by atoms with E-state index in [-0.39, 0.29) is 18.9 Å². The zero-order valence-electron chi connectivity index (χ0n) is 13.7. The first-order valence-electron chi connectivity index (χ1n) is 8.40. The molecule has 0 radical (unpaired) electrons. The predicted molar refractivity (Wildman–Crippen MR) is 89.4 cm³/mol. The number of carboxylic acid groups (broad SMARTS) is 1. The van der Waals surface area contributed by atoms with Crippen LogP contribution in [0.4, 0.5) is 0 Å². The molecule has 1 heterocycles. The van der Waals surface area contributed by atoms with Crippen LogP contribution in [0.2, 0.25) is 0 Å². The fourth-order valence-electron chi connectivity index (χ4n) is 2.85. The molecule has 130 valence electrons. The molecule has 0 bridgehead atoms. The van der Waals surface area contributed by atoms with E-state index in [9.17, 15) is 19.5 Å². The molecule has 2 amide bonds. The Labute approximate surface area is 141 Å². The van der Waals surface area contributed by atoms with Crippen molar-refractivity contribution in [3.63, 3.8) is 0 Å². The molecule has 0 aromatic heterocycles. The smallest absolute Gasteiger partial charge is 0.326 e. The van der Waals surface area contributed by atoms with Crippen LogP contribution in [0.5, 0.6) is 0 Å². The van der Waals surface area contributed by atoms with Crippen LogP contribution in [0.3, 0.4) is 0 Å². The van der Waals surface area contributed by atoms with Crippen LogP contribution in [0.25, 0.3) is 0 Å². The minimum absolute atomic E-state index is 0.0280. The first-order valence-corrected chi connectivity index (χ1v) is 8.40. The molecule has 6 heteroatoms. The number of carbonyl (C=O) groups excluding carboxylic acids is 2. The molecule has 1 aromatic rings. The Kier molecular flexibility index (Phi) is 6.78. The molecule has 24 heavy (non-hydrogen) atoms. The van der Waals surface area contributed by atoms with E-state index >= 15 is 0 Å². The molecule has 2 N–H and O–H groups in total. The lowest BCUT2D eigenvalue weighted by molar-refractivity contribution is -0.142. The van der Waals surface area contributed by atoms with E-state index in [1.165, 1.54) is 4.90 Å². The second-order valence-corrected chi connectivity index (χ2v) is 6.13. The fourth-order valence-corrected chi connectivity index (χ4v) is 2.85. The van der Waals surface area contributed by atoms with Gasteiger partial charge in [-0.25, -0.2) is 4.79 Å². The molecular formula is C18H24N2O4. The molecule has 0 spiro atoms. The Morgan fingerprint density at radius 3 is 2.54 bits per heavy atom. The maximum atomic E-state index is 12.2. The highest BCUT2D eigenvalue weighted by atomic mass is 16.4. The van der Waals surface area contributed by atoms with E-state index in [0.717, 1.165) is 31.2 Å². The van der Waals surface area contributed by atoms with Gasteiger partial charge in [0.1, 0.15) is 6.04 Å². The van der Waals surface area contributed by atoms with Crippen molar-refractivity contribution < 1.29 is 19.5 Å². The molecule has 1 saturated heterocycles. The van der Waals surface area contributed by atoms with E-state index in [0.29, 0.717) is 13.0 Å². The summed E-state index contributed by atoms with van der Waals surface area (Å²) in [5.41, 5.74) is 0.840. The van der Waals surface area contributed by atoms with Crippen molar-refractivity contribution in [3.05, 3.63) is 35.9 Å². The van der Waals surface area contributed by atoms with Gasteiger partial charge in [0.2, 0.25) is 11.8 Å². The molecule has 0 saturated carbocycles. The van der Waals surface area contributed by atoms with Crippen LogP contribution in [0.15, 0.2) is 30.3 Å². The largest absolute Gasteiger partial charge is 0.480 e. The molecular weight excluding hydrogens is 308 g/mol. The summed E-state index contributed by atoms with van der Waals surface area (Å²) in [6.07, 6.45) is 4.50. The number of aliphatic carboxylic acids is 1. The van der Waals surface area contributed by atoms with Crippen LogP contribution >= 0.6 is 0 Å². The van der Waals surface area contributed by atoms with Crippen molar-refractivity contribution >= 4 is 17.8 Å². The Morgan fingerprint density at radius 2 is 1.83 bits per heavy atom. The number of benzene rings is 1. The number of hydrogen-bond donors (Lipinski definition) is 2. The van der Waals surface area contributed by atoms with Crippen molar-refractivity contribution in [2.75, 3.05) is 13.1 Å². The maximum absolute atomic E-state index is 12.2. The third-order valence-electron chi connectivity index (χ3n) is 4.17. The average Bonchev–Trinajstić information content (AvgIpc) is 2.55. The summed E-state index contributed by atoms with van der Waals surface area (Å²) in [6, 6.07) is 8.16. The van der Waals surface area contributed by atoms with Gasteiger partial charge in [0.15, 0.2) is 0 Å². The first-order chi connectivity index (χ1) is 11.6. The summed E-state index contributed by atoms with van der Waals surface area (Å²) in [5, 5.41) is 11.9. The SMILES string of the molecule is O=C(CN1CCCCCCC1=O)N[C@@H](Cc1ccccc1)C(=O)O. The summed E-state index contributed by atoms with van der Waals surface area (Å²) in [5.74, 6) is -1.53. The molecule has 1 fully saturated rings. The van der Waals surface area contributed by atoms with E-state index in [1.807, 2.05) is 30.3 Å². The minimum Gasteiger partial charge on any atom is -0.480 e. The lowest BCUT2D eigenvalue weighted by atomic mass is 10.1. The van der Waals surface area contributed by atoms with Crippen LogP contribution in [-0.2, 0) is 20.8 Å². The zero-order chi connectivity index (χ0) is 17.4. The quantitative estimate of drug-likeness (QED) is 0.828. The van der Waals surface area contributed by atoms with Gasteiger partial charge >= 0.3 is 5.97 Å². The summed E-state index contributed by atoms with van der Waals surface area (Å²) in [7, 11) is 0. The van der Waals surface area contributed by atoms with Crippen LogP contribution < -0.4 is 5.32 Å². The van der Waals surface area contributed by atoms with Gasteiger partial charge in [-0.1, -0.05) is 43.2 Å². The van der Waals surface area contributed by atoms with Gasteiger partial charge in [-0.2, -0.15) is 0 Å². The molecule has 1 aromatic carbocycles. The Bertz CT molecular complexity index is 574. The van der Waals surface area contributed by atoms with Gasteiger partial charge in [0.25, 0.3) is 0 Å². The monoisotopic (exact) mass is 332 g/mol. The van der Waals surface area contributed by atoms with Crippen molar-refractivity contribution in [1.82, 2.24) is 10.2 Å². The van der Waals surface area contributed by atoms with Crippen molar-refractivity contribution in [1.29, 1.82) is 0 Å². The Hall–Kier alpha value is -2.37. The Balaban J connectivity index is 1.92.